The first-order valence-electron chi connectivity index (χ1n) is 32.8. The lowest BCUT2D eigenvalue weighted by molar-refractivity contribution is -0.167. The zero-order valence-corrected chi connectivity index (χ0v) is 50.1. The second kappa shape index (κ2) is 63.6. The number of carbonyl (C=O) groups is 3. The van der Waals surface area contributed by atoms with E-state index in [2.05, 4.69) is 81.5 Å². The molecule has 1 atom stereocenters. The largest absolute Gasteiger partial charge is 0.462 e. The molecule has 0 aromatic carbocycles. The molecule has 1 unspecified atom stereocenters. The standard InChI is InChI=1S/C69H124O6/c1-4-7-10-13-16-19-22-25-27-29-31-33-34-36-37-39-41-44-47-50-53-56-59-62-68(71)74-65-66(64-73-67(70)61-58-55-52-49-46-43-24-21-18-15-12-9-6-3)75-69(72)63-60-57-54-51-48-45-42-40-38-35-32-30-28-26-23-20-17-14-11-8-5-2/h12,15,21,23-24,26,29-32,66H,4-11,13-14,16-20,22,25,27-28,33-65H2,1-3H3/b15-12-,24-21-,26-23-,31-29-,32-30-. The van der Waals surface area contributed by atoms with E-state index in [4.69, 9.17) is 14.2 Å². The number of hydrogen-bond acceptors (Lipinski definition) is 6. The summed E-state index contributed by atoms with van der Waals surface area (Å²) in [4.78, 5) is 38.3. The molecule has 0 heterocycles. The van der Waals surface area contributed by atoms with Crippen LogP contribution < -0.4 is 0 Å². The van der Waals surface area contributed by atoms with Crippen LogP contribution in [0.5, 0.6) is 0 Å². The Morgan fingerprint density at radius 2 is 0.507 bits per heavy atom. The van der Waals surface area contributed by atoms with E-state index in [1.165, 1.54) is 212 Å². The van der Waals surface area contributed by atoms with Gasteiger partial charge in [-0.15, -0.1) is 0 Å². The van der Waals surface area contributed by atoms with Crippen LogP contribution in [0.2, 0.25) is 0 Å². The summed E-state index contributed by atoms with van der Waals surface area (Å²) in [7, 11) is 0. The van der Waals surface area contributed by atoms with Gasteiger partial charge in [0.2, 0.25) is 0 Å². The lowest BCUT2D eigenvalue weighted by Gasteiger charge is -2.18. The summed E-state index contributed by atoms with van der Waals surface area (Å²) in [5.41, 5.74) is 0. The van der Waals surface area contributed by atoms with Crippen LogP contribution in [-0.4, -0.2) is 37.2 Å². The highest BCUT2D eigenvalue weighted by Crippen LogP contribution is 2.17. The molecule has 0 aliphatic carbocycles. The van der Waals surface area contributed by atoms with Gasteiger partial charge in [0, 0.05) is 19.3 Å². The van der Waals surface area contributed by atoms with E-state index in [1.807, 2.05) is 0 Å². The van der Waals surface area contributed by atoms with Gasteiger partial charge in [-0.05, 0) is 103 Å². The first-order chi connectivity index (χ1) is 37.0. The van der Waals surface area contributed by atoms with Gasteiger partial charge in [0.25, 0.3) is 0 Å². The van der Waals surface area contributed by atoms with Crippen molar-refractivity contribution in [1.29, 1.82) is 0 Å². The highest BCUT2D eigenvalue weighted by molar-refractivity contribution is 5.71. The molecule has 0 fully saturated rings. The molecular weight excluding hydrogens is 925 g/mol. The predicted molar refractivity (Wildman–Crippen MR) is 325 cm³/mol. The van der Waals surface area contributed by atoms with E-state index in [0.29, 0.717) is 19.3 Å². The highest BCUT2D eigenvalue weighted by Gasteiger charge is 2.19. The van der Waals surface area contributed by atoms with Crippen molar-refractivity contribution in [1.82, 2.24) is 0 Å². The first-order valence-corrected chi connectivity index (χ1v) is 32.8. The van der Waals surface area contributed by atoms with Crippen LogP contribution in [0.15, 0.2) is 60.8 Å². The number of hydrogen-bond donors (Lipinski definition) is 0. The Bertz CT molecular complexity index is 1340. The fourth-order valence-corrected chi connectivity index (χ4v) is 9.51. The Morgan fingerprint density at radius 3 is 0.800 bits per heavy atom. The van der Waals surface area contributed by atoms with Gasteiger partial charge in [-0.3, -0.25) is 14.4 Å². The Morgan fingerprint density at radius 1 is 0.267 bits per heavy atom. The van der Waals surface area contributed by atoms with Gasteiger partial charge in [-0.2, -0.15) is 0 Å². The van der Waals surface area contributed by atoms with Crippen LogP contribution in [0.25, 0.3) is 0 Å². The Balaban J connectivity index is 4.30. The Kier molecular flexibility index (Phi) is 61.2. The molecule has 0 saturated heterocycles. The normalized spacial score (nSPS) is 12.4. The van der Waals surface area contributed by atoms with Crippen LogP contribution in [0.3, 0.4) is 0 Å². The number of carbonyl (C=O) groups excluding carboxylic acids is 3. The minimum Gasteiger partial charge on any atom is -0.462 e. The average molecular weight is 1050 g/mol. The van der Waals surface area contributed by atoms with Gasteiger partial charge in [-0.1, -0.05) is 281 Å². The van der Waals surface area contributed by atoms with Crippen molar-refractivity contribution >= 4 is 17.9 Å². The molecule has 75 heavy (non-hydrogen) atoms. The van der Waals surface area contributed by atoms with Crippen molar-refractivity contribution < 1.29 is 28.6 Å². The molecule has 0 aromatic rings. The Hall–Kier alpha value is -2.89. The van der Waals surface area contributed by atoms with Crippen LogP contribution in [0.1, 0.15) is 342 Å². The fourth-order valence-electron chi connectivity index (χ4n) is 9.51. The molecule has 0 saturated carbocycles. The van der Waals surface area contributed by atoms with Crippen LogP contribution in [0.4, 0.5) is 0 Å². The lowest BCUT2D eigenvalue weighted by Crippen LogP contribution is -2.30. The molecule has 436 valence electrons. The van der Waals surface area contributed by atoms with Gasteiger partial charge in [0.1, 0.15) is 13.2 Å². The van der Waals surface area contributed by atoms with Crippen LogP contribution in [-0.2, 0) is 28.6 Å². The van der Waals surface area contributed by atoms with Gasteiger partial charge in [0.15, 0.2) is 6.10 Å². The quantitative estimate of drug-likeness (QED) is 0.0261. The molecule has 0 rings (SSSR count). The second-order valence-electron chi connectivity index (χ2n) is 22.0. The maximum Gasteiger partial charge on any atom is 0.306 e. The topological polar surface area (TPSA) is 78.9 Å². The summed E-state index contributed by atoms with van der Waals surface area (Å²) in [5, 5.41) is 0. The summed E-state index contributed by atoms with van der Waals surface area (Å²) in [6.45, 7) is 6.59. The van der Waals surface area contributed by atoms with Crippen molar-refractivity contribution in [3.05, 3.63) is 60.8 Å². The maximum atomic E-state index is 12.9. The molecule has 0 aliphatic rings. The van der Waals surface area contributed by atoms with Crippen molar-refractivity contribution in [2.24, 2.45) is 0 Å². The summed E-state index contributed by atoms with van der Waals surface area (Å²) in [6.07, 6.45) is 80.9. The van der Waals surface area contributed by atoms with E-state index in [0.717, 1.165) is 89.9 Å². The summed E-state index contributed by atoms with van der Waals surface area (Å²) >= 11 is 0. The fraction of sp³-hybridized carbons (Fsp3) is 0.812. The highest BCUT2D eigenvalue weighted by atomic mass is 16.6. The van der Waals surface area contributed by atoms with Crippen molar-refractivity contribution in [2.45, 2.75) is 348 Å². The molecule has 0 aliphatic heterocycles. The van der Waals surface area contributed by atoms with Crippen LogP contribution in [0, 0.1) is 0 Å². The molecule has 0 aromatic heterocycles. The molecule has 6 nitrogen and oxygen atoms in total. The van der Waals surface area contributed by atoms with Crippen molar-refractivity contribution in [3.8, 4) is 0 Å². The monoisotopic (exact) mass is 1050 g/mol. The van der Waals surface area contributed by atoms with Crippen molar-refractivity contribution in [3.63, 3.8) is 0 Å². The SMILES string of the molecule is CCC/C=C\C/C=C\CCCCCCCC(=O)OCC(COC(=O)CCCCCCCCCCCCC/C=C\CCCCCCCCCC)OC(=O)CCCCCCCCCCC/C=C\C/C=C\CCCCCCC. The molecule has 0 amide bonds. The van der Waals surface area contributed by atoms with Gasteiger partial charge >= 0.3 is 17.9 Å². The summed E-state index contributed by atoms with van der Waals surface area (Å²) < 4.78 is 16.9. The molecule has 0 N–H and O–H groups in total. The zero-order valence-electron chi connectivity index (χ0n) is 50.1. The number of esters is 3. The number of unbranched alkanes of at least 4 members (excludes halogenated alkanes) is 39. The minimum atomic E-state index is -0.783. The van der Waals surface area contributed by atoms with Crippen LogP contribution >= 0.6 is 0 Å². The Labute approximate surface area is 466 Å². The third-order valence-corrected chi connectivity index (χ3v) is 14.4. The van der Waals surface area contributed by atoms with E-state index in [-0.39, 0.29) is 31.1 Å². The predicted octanol–water partition coefficient (Wildman–Crippen LogP) is 22.3. The summed E-state index contributed by atoms with van der Waals surface area (Å²) in [5.74, 6) is -0.882. The molecule has 0 radical (unpaired) electrons. The number of ether oxygens (including phenoxy) is 3. The second-order valence-corrected chi connectivity index (χ2v) is 22.0. The maximum absolute atomic E-state index is 12.9. The third kappa shape index (κ3) is 61.8. The van der Waals surface area contributed by atoms with E-state index >= 15 is 0 Å². The van der Waals surface area contributed by atoms with E-state index in [9.17, 15) is 14.4 Å². The number of rotatable bonds is 60. The minimum absolute atomic E-state index is 0.0790. The first kappa shape index (κ1) is 72.1. The van der Waals surface area contributed by atoms with E-state index < -0.39 is 6.10 Å². The third-order valence-electron chi connectivity index (χ3n) is 14.4. The number of allylic oxidation sites excluding steroid dienone is 10. The molecular formula is C69H124O6. The lowest BCUT2D eigenvalue weighted by atomic mass is 10.0. The van der Waals surface area contributed by atoms with Gasteiger partial charge in [-0.25, -0.2) is 0 Å². The smallest absolute Gasteiger partial charge is 0.306 e. The van der Waals surface area contributed by atoms with Gasteiger partial charge in [0.05, 0.1) is 0 Å². The van der Waals surface area contributed by atoms with Crippen molar-refractivity contribution in [2.75, 3.05) is 13.2 Å². The summed E-state index contributed by atoms with van der Waals surface area (Å²) in [6, 6.07) is 0. The van der Waals surface area contributed by atoms with Gasteiger partial charge < -0.3 is 14.2 Å². The molecule has 0 bridgehead atoms. The molecule has 6 heteroatoms. The average Bonchev–Trinajstić information content (AvgIpc) is 3.41. The van der Waals surface area contributed by atoms with E-state index in [1.54, 1.807) is 0 Å². The zero-order chi connectivity index (χ0) is 54.3. The molecule has 0 spiro atoms.